The summed E-state index contributed by atoms with van der Waals surface area (Å²) in [7, 11) is 0. The Bertz CT molecular complexity index is 1400. The lowest BCUT2D eigenvalue weighted by atomic mass is 9.75. The van der Waals surface area contributed by atoms with E-state index in [4.69, 9.17) is 10.7 Å². The number of nitrogens with one attached hydrogen (secondary N) is 2. The van der Waals surface area contributed by atoms with Crippen LogP contribution in [0.1, 0.15) is 37.3 Å². The van der Waals surface area contributed by atoms with Gasteiger partial charge in [-0.15, -0.1) is 0 Å². The molecule has 34 heavy (non-hydrogen) atoms. The number of nitrogens with two attached hydrogens (primary N) is 1. The van der Waals surface area contributed by atoms with Gasteiger partial charge in [-0.3, -0.25) is 15.1 Å². The summed E-state index contributed by atoms with van der Waals surface area (Å²) in [6.07, 6.45) is 6.18. The standard InChI is InChI=1S/C25H23N7O2/c26-21-12-20(16-8-10-25(11-9-16)23(33)30-24(34)31-25)29-22-18(14-28-32(21)22)17-6-7-19(27-13-17)15-4-2-1-3-5-15/h1-7,12-14,16H,8-11,26H2,(H2,30,31,33,34). The van der Waals surface area contributed by atoms with Crippen LogP contribution in [0.15, 0.2) is 60.9 Å². The zero-order valence-electron chi connectivity index (χ0n) is 18.4. The lowest BCUT2D eigenvalue weighted by Gasteiger charge is -2.34. The highest BCUT2D eigenvalue weighted by atomic mass is 16.2. The average Bonchev–Trinajstić information content (AvgIpc) is 3.41. The predicted molar refractivity (Wildman–Crippen MR) is 127 cm³/mol. The second-order valence-electron chi connectivity index (χ2n) is 8.96. The van der Waals surface area contributed by atoms with E-state index in [1.165, 1.54) is 0 Å². The van der Waals surface area contributed by atoms with Crippen molar-refractivity contribution < 1.29 is 9.59 Å². The number of carbonyl (C=O) groups is 2. The molecule has 0 unspecified atom stereocenters. The summed E-state index contributed by atoms with van der Waals surface area (Å²) in [6.45, 7) is 0. The quantitative estimate of drug-likeness (QED) is 0.409. The molecule has 1 aliphatic carbocycles. The number of amides is 3. The minimum Gasteiger partial charge on any atom is -0.384 e. The number of pyridine rings is 1. The summed E-state index contributed by atoms with van der Waals surface area (Å²) < 4.78 is 1.64. The van der Waals surface area contributed by atoms with Crippen LogP contribution in [0.3, 0.4) is 0 Å². The van der Waals surface area contributed by atoms with E-state index < -0.39 is 11.6 Å². The zero-order valence-corrected chi connectivity index (χ0v) is 18.4. The van der Waals surface area contributed by atoms with Gasteiger partial charge < -0.3 is 11.1 Å². The van der Waals surface area contributed by atoms with Crippen LogP contribution in [0.5, 0.6) is 0 Å². The van der Waals surface area contributed by atoms with E-state index in [9.17, 15) is 9.59 Å². The Balaban J connectivity index is 1.30. The van der Waals surface area contributed by atoms with Gasteiger partial charge in [0.05, 0.1) is 11.9 Å². The number of nitrogen functional groups attached to an aromatic ring is 1. The molecule has 1 saturated heterocycles. The monoisotopic (exact) mass is 453 g/mol. The Hall–Kier alpha value is -4.27. The Labute approximate surface area is 195 Å². The van der Waals surface area contributed by atoms with Crippen molar-refractivity contribution in [2.45, 2.75) is 37.1 Å². The van der Waals surface area contributed by atoms with Gasteiger partial charge in [-0.1, -0.05) is 36.4 Å². The Morgan fingerprint density at radius 3 is 2.47 bits per heavy atom. The molecule has 0 atom stereocenters. The van der Waals surface area contributed by atoms with E-state index in [0.29, 0.717) is 24.3 Å². The number of nitrogens with zero attached hydrogens (tertiary/aromatic N) is 4. The van der Waals surface area contributed by atoms with Gasteiger partial charge in [0.1, 0.15) is 11.4 Å². The van der Waals surface area contributed by atoms with Crippen LogP contribution < -0.4 is 16.4 Å². The molecular formula is C25H23N7O2. The first-order valence-corrected chi connectivity index (χ1v) is 11.3. The predicted octanol–water partition coefficient (Wildman–Crippen LogP) is 3.28. The van der Waals surface area contributed by atoms with Gasteiger partial charge in [0, 0.05) is 40.6 Å². The van der Waals surface area contributed by atoms with E-state index in [1.54, 1.807) is 10.7 Å². The van der Waals surface area contributed by atoms with Crippen molar-refractivity contribution in [2.75, 3.05) is 5.73 Å². The lowest BCUT2D eigenvalue weighted by Crippen LogP contribution is -2.49. The first-order chi connectivity index (χ1) is 16.5. The number of fused-ring (bicyclic) bond motifs is 1. The maximum absolute atomic E-state index is 12.3. The van der Waals surface area contributed by atoms with Crippen molar-refractivity contribution in [3.8, 4) is 22.4 Å². The van der Waals surface area contributed by atoms with Crippen molar-refractivity contribution in [2.24, 2.45) is 0 Å². The fourth-order valence-electron chi connectivity index (χ4n) is 5.04. The van der Waals surface area contributed by atoms with Gasteiger partial charge in [-0.2, -0.15) is 9.61 Å². The molecule has 1 saturated carbocycles. The molecule has 0 bridgehead atoms. The fourth-order valence-corrected chi connectivity index (χ4v) is 5.04. The first-order valence-electron chi connectivity index (χ1n) is 11.3. The summed E-state index contributed by atoms with van der Waals surface area (Å²) >= 11 is 0. The van der Waals surface area contributed by atoms with Crippen LogP contribution in [-0.4, -0.2) is 37.1 Å². The third-order valence-electron chi connectivity index (χ3n) is 6.94. The zero-order chi connectivity index (χ0) is 23.3. The molecule has 2 aliphatic rings. The Morgan fingerprint density at radius 2 is 1.79 bits per heavy atom. The summed E-state index contributed by atoms with van der Waals surface area (Å²) in [5.74, 6) is 0.417. The number of hydrogen-bond donors (Lipinski definition) is 3. The molecule has 6 rings (SSSR count). The third-order valence-corrected chi connectivity index (χ3v) is 6.94. The molecule has 9 nitrogen and oxygen atoms in total. The summed E-state index contributed by atoms with van der Waals surface area (Å²) in [5, 5.41) is 9.61. The molecule has 9 heteroatoms. The van der Waals surface area contributed by atoms with Crippen LogP contribution in [0.4, 0.5) is 10.6 Å². The van der Waals surface area contributed by atoms with Crippen molar-refractivity contribution in [3.63, 3.8) is 0 Å². The largest absolute Gasteiger partial charge is 0.384 e. The number of benzene rings is 1. The van der Waals surface area contributed by atoms with Crippen LogP contribution in [0.25, 0.3) is 28.0 Å². The molecule has 1 aromatic carbocycles. The summed E-state index contributed by atoms with van der Waals surface area (Å²) in [4.78, 5) is 33.5. The molecule has 1 aliphatic heterocycles. The van der Waals surface area contributed by atoms with Gasteiger partial charge in [-0.25, -0.2) is 9.78 Å². The minimum absolute atomic E-state index is 0.143. The molecule has 4 aromatic rings. The highest BCUT2D eigenvalue weighted by Gasteiger charge is 2.48. The Morgan fingerprint density at radius 1 is 1.00 bits per heavy atom. The number of anilines is 1. The Kier molecular flexibility index (Phi) is 4.58. The van der Waals surface area contributed by atoms with Gasteiger partial charge in [0.25, 0.3) is 5.91 Å². The van der Waals surface area contributed by atoms with E-state index in [1.807, 2.05) is 54.7 Å². The summed E-state index contributed by atoms with van der Waals surface area (Å²) in [6, 6.07) is 15.5. The van der Waals surface area contributed by atoms with Crippen molar-refractivity contribution in [3.05, 3.63) is 66.6 Å². The average molecular weight is 454 g/mol. The van der Waals surface area contributed by atoms with E-state index in [-0.39, 0.29) is 11.8 Å². The molecule has 1 spiro atoms. The summed E-state index contributed by atoms with van der Waals surface area (Å²) in [5.41, 5.74) is 10.8. The second-order valence-corrected chi connectivity index (χ2v) is 8.96. The lowest BCUT2D eigenvalue weighted by molar-refractivity contribution is -0.125. The van der Waals surface area contributed by atoms with E-state index in [0.717, 1.165) is 40.9 Å². The molecule has 3 amide bonds. The second kappa shape index (κ2) is 7.65. The molecule has 2 fully saturated rings. The highest BCUT2D eigenvalue weighted by Crippen LogP contribution is 2.39. The van der Waals surface area contributed by atoms with Gasteiger partial charge in [0.2, 0.25) is 0 Å². The maximum atomic E-state index is 12.3. The maximum Gasteiger partial charge on any atom is 0.322 e. The minimum atomic E-state index is -0.794. The van der Waals surface area contributed by atoms with E-state index in [2.05, 4.69) is 20.7 Å². The SMILES string of the molecule is Nc1cc(C2CCC3(CC2)NC(=O)NC3=O)nc2c(-c3ccc(-c4ccccc4)nc3)cnn12. The number of carbonyl (C=O) groups excluding carboxylic acids is 2. The van der Waals surface area contributed by atoms with Crippen molar-refractivity contribution in [1.29, 1.82) is 0 Å². The van der Waals surface area contributed by atoms with Gasteiger partial charge >= 0.3 is 6.03 Å². The molecular weight excluding hydrogens is 430 g/mol. The number of rotatable bonds is 3. The van der Waals surface area contributed by atoms with Crippen LogP contribution in [-0.2, 0) is 4.79 Å². The molecule has 4 heterocycles. The first kappa shape index (κ1) is 20.3. The fraction of sp³-hybridized carbons (Fsp3) is 0.240. The van der Waals surface area contributed by atoms with Gasteiger partial charge in [-0.05, 0) is 31.7 Å². The smallest absolute Gasteiger partial charge is 0.322 e. The van der Waals surface area contributed by atoms with E-state index >= 15 is 0 Å². The number of urea groups is 1. The van der Waals surface area contributed by atoms with Crippen molar-refractivity contribution >= 4 is 23.4 Å². The highest BCUT2D eigenvalue weighted by molar-refractivity contribution is 6.07. The molecule has 4 N–H and O–H groups in total. The topological polar surface area (TPSA) is 127 Å². The number of aromatic nitrogens is 4. The molecule has 0 radical (unpaired) electrons. The number of imide groups is 1. The van der Waals surface area contributed by atoms with Crippen LogP contribution >= 0.6 is 0 Å². The molecule has 3 aromatic heterocycles. The normalized spacial score (nSPS) is 22.2. The van der Waals surface area contributed by atoms with Crippen LogP contribution in [0, 0.1) is 0 Å². The van der Waals surface area contributed by atoms with Crippen LogP contribution in [0.2, 0.25) is 0 Å². The third kappa shape index (κ3) is 3.28. The molecule has 170 valence electrons. The number of hydrogen-bond acceptors (Lipinski definition) is 6. The van der Waals surface area contributed by atoms with Crippen molar-refractivity contribution in [1.82, 2.24) is 30.2 Å². The van der Waals surface area contributed by atoms with Gasteiger partial charge in [0.15, 0.2) is 5.65 Å².